The van der Waals surface area contributed by atoms with Crippen LogP contribution in [0.4, 0.5) is 0 Å². The molecule has 1 amide bonds. The molecule has 1 atom stereocenters. The van der Waals surface area contributed by atoms with Gasteiger partial charge >= 0.3 is 0 Å². The molecule has 26 heavy (non-hydrogen) atoms. The fourth-order valence-electron chi connectivity index (χ4n) is 3.08. The molecular formula is C21H26N4O. The maximum atomic E-state index is 12.2. The summed E-state index contributed by atoms with van der Waals surface area (Å²) in [6, 6.07) is 12.4. The number of aryl methyl sites for hydroxylation is 2. The number of rotatable bonds is 7. The van der Waals surface area contributed by atoms with E-state index in [0.29, 0.717) is 18.8 Å². The van der Waals surface area contributed by atoms with Crippen molar-refractivity contribution in [3.8, 4) is 0 Å². The molecule has 1 aliphatic rings. The van der Waals surface area contributed by atoms with Crippen LogP contribution in [-0.2, 0) is 7.05 Å². The average molecular weight is 350 g/mol. The first-order valence-corrected chi connectivity index (χ1v) is 9.09. The van der Waals surface area contributed by atoms with Gasteiger partial charge in [-0.15, -0.1) is 0 Å². The number of carbonyl (C=O) groups is 1. The average Bonchev–Trinajstić information content (AvgIpc) is 3.02. The number of carbonyl (C=O) groups excluding carboxylic acids is 1. The zero-order valence-electron chi connectivity index (χ0n) is 15.4. The van der Waals surface area contributed by atoms with Crippen molar-refractivity contribution in [3.05, 3.63) is 77.2 Å². The Morgan fingerprint density at radius 1 is 1.23 bits per heavy atom. The van der Waals surface area contributed by atoms with Crippen molar-refractivity contribution >= 4 is 5.91 Å². The SMILES string of the molecule is Cc1cc(C(=O)NCCNC(C2=CCCC=C2)c2ccccc2)nn1C. The number of benzene rings is 1. The summed E-state index contributed by atoms with van der Waals surface area (Å²) in [6.07, 6.45) is 8.89. The largest absolute Gasteiger partial charge is 0.349 e. The molecule has 0 aliphatic heterocycles. The summed E-state index contributed by atoms with van der Waals surface area (Å²) in [5, 5.41) is 10.7. The van der Waals surface area contributed by atoms with E-state index in [4.69, 9.17) is 0 Å². The van der Waals surface area contributed by atoms with Crippen LogP contribution in [0.3, 0.4) is 0 Å². The number of amides is 1. The van der Waals surface area contributed by atoms with Crippen molar-refractivity contribution < 1.29 is 4.79 Å². The molecule has 0 saturated carbocycles. The van der Waals surface area contributed by atoms with Crippen molar-refractivity contribution in [2.75, 3.05) is 13.1 Å². The Bertz CT molecular complexity index is 785. The fourth-order valence-corrected chi connectivity index (χ4v) is 3.08. The third-order valence-corrected chi connectivity index (χ3v) is 4.60. The summed E-state index contributed by atoms with van der Waals surface area (Å²) >= 11 is 0. The van der Waals surface area contributed by atoms with Gasteiger partial charge < -0.3 is 10.6 Å². The van der Waals surface area contributed by atoms with E-state index in [1.165, 1.54) is 11.1 Å². The van der Waals surface area contributed by atoms with Gasteiger partial charge in [0.1, 0.15) is 5.69 Å². The van der Waals surface area contributed by atoms with Gasteiger partial charge in [-0.25, -0.2) is 0 Å². The van der Waals surface area contributed by atoms with Gasteiger partial charge in [0.2, 0.25) is 0 Å². The molecule has 3 rings (SSSR count). The van der Waals surface area contributed by atoms with Gasteiger partial charge in [-0.3, -0.25) is 9.48 Å². The van der Waals surface area contributed by atoms with Crippen LogP contribution in [0.2, 0.25) is 0 Å². The van der Waals surface area contributed by atoms with Gasteiger partial charge in [-0.2, -0.15) is 5.10 Å². The van der Waals surface area contributed by atoms with Crippen LogP contribution in [0, 0.1) is 6.92 Å². The van der Waals surface area contributed by atoms with E-state index in [1.807, 2.05) is 20.0 Å². The van der Waals surface area contributed by atoms with Gasteiger partial charge in [-0.1, -0.05) is 48.6 Å². The Balaban J connectivity index is 1.57. The highest BCUT2D eigenvalue weighted by atomic mass is 16.1. The second-order valence-corrected chi connectivity index (χ2v) is 6.53. The molecule has 136 valence electrons. The van der Waals surface area contributed by atoms with Crippen LogP contribution in [0.1, 0.15) is 40.6 Å². The molecule has 0 radical (unpaired) electrons. The second-order valence-electron chi connectivity index (χ2n) is 6.53. The quantitative estimate of drug-likeness (QED) is 0.755. The Hall–Kier alpha value is -2.66. The molecule has 2 N–H and O–H groups in total. The smallest absolute Gasteiger partial charge is 0.271 e. The predicted molar refractivity (Wildman–Crippen MR) is 104 cm³/mol. The molecule has 1 aliphatic carbocycles. The summed E-state index contributed by atoms with van der Waals surface area (Å²) in [7, 11) is 1.84. The van der Waals surface area contributed by atoms with Gasteiger partial charge in [0.25, 0.3) is 5.91 Å². The van der Waals surface area contributed by atoms with Crippen molar-refractivity contribution in [2.45, 2.75) is 25.8 Å². The molecule has 2 aromatic rings. The third kappa shape index (κ3) is 4.49. The fraction of sp³-hybridized carbons (Fsp3) is 0.333. The molecule has 0 saturated heterocycles. The maximum Gasteiger partial charge on any atom is 0.271 e. The normalized spacial score (nSPS) is 14.8. The first-order valence-electron chi connectivity index (χ1n) is 9.09. The van der Waals surface area contributed by atoms with E-state index in [2.05, 4.69) is 58.2 Å². The number of nitrogens with zero attached hydrogens (tertiary/aromatic N) is 2. The first kappa shape index (κ1) is 18.1. The summed E-state index contributed by atoms with van der Waals surface area (Å²) < 4.78 is 1.71. The Kier molecular flexibility index (Phi) is 6.02. The highest BCUT2D eigenvalue weighted by Crippen LogP contribution is 2.25. The minimum atomic E-state index is -0.136. The second kappa shape index (κ2) is 8.63. The van der Waals surface area contributed by atoms with Crippen LogP contribution in [-0.4, -0.2) is 28.8 Å². The molecule has 1 aromatic heterocycles. The molecule has 1 aromatic carbocycles. The van der Waals surface area contributed by atoms with E-state index < -0.39 is 0 Å². The Labute approximate surface area is 154 Å². The van der Waals surface area contributed by atoms with E-state index >= 15 is 0 Å². The van der Waals surface area contributed by atoms with E-state index in [1.54, 1.807) is 10.7 Å². The van der Waals surface area contributed by atoms with Crippen LogP contribution in [0.25, 0.3) is 0 Å². The zero-order valence-corrected chi connectivity index (χ0v) is 15.4. The molecule has 1 heterocycles. The zero-order chi connectivity index (χ0) is 18.4. The van der Waals surface area contributed by atoms with Gasteiger partial charge in [0, 0.05) is 25.8 Å². The van der Waals surface area contributed by atoms with Crippen molar-refractivity contribution in [1.29, 1.82) is 0 Å². The van der Waals surface area contributed by atoms with Crippen LogP contribution < -0.4 is 10.6 Å². The molecule has 0 fully saturated rings. The summed E-state index contributed by atoms with van der Waals surface area (Å²) in [5.41, 5.74) is 3.95. The highest BCUT2D eigenvalue weighted by molar-refractivity contribution is 5.92. The molecular weight excluding hydrogens is 324 g/mol. The topological polar surface area (TPSA) is 59.0 Å². The van der Waals surface area contributed by atoms with E-state index in [-0.39, 0.29) is 11.9 Å². The molecule has 1 unspecified atom stereocenters. The highest BCUT2D eigenvalue weighted by Gasteiger charge is 2.15. The van der Waals surface area contributed by atoms with Gasteiger partial charge in [0.15, 0.2) is 0 Å². The molecule has 0 bridgehead atoms. The number of hydrogen-bond donors (Lipinski definition) is 2. The predicted octanol–water partition coefficient (Wildman–Crippen LogP) is 3.07. The summed E-state index contributed by atoms with van der Waals surface area (Å²) in [4.78, 5) is 12.2. The number of aromatic nitrogens is 2. The third-order valence-electron chi connectivity index (χ3n) is 4.60. The van der Waals surface area contributed by atoms with E-state index in [9.17, 15) is 4.79 Å². The Morgan fingerprint density at radius 3 is 2.69 bits per heavy atom. The number of allylic oxidation sites excluding steroid dienone is 2. The maximum absolute atomic E-state index is 12.2. The standard InChI is InChI=1S/C21H26N4O/c1-16-15-19(24-25(16)2)21(26)23-14-13-22-20(17-9-5-3-6-10-17)18-11-7-4-8-12-18/h3,5-7,9-12,15,20,22H,4,8,13-14H2,1-2H3,(H,23,26). The Morgan fingerprint density at radius 2 is 2.04 bits per heavy atom. The van der Waals surface area contributed by atoms with Crippen molar-refractivity contribution in [3.63, 3.8) is 0 Å². The van der Waals surface area contributed by atoms with E-state index in [0.717, 1.165) is 18.5 Å². The van der Waals surface area contributed by atoms with Crippen LogP contribution >= 0.6 is 0 Å². The lowest BCUT2D eigenvalue weighted by atomic mass is 9.94. The van der Waals surface area contributed by atoms with Crippen molar-refractivity contribution in [1.82, 2.24) is 20.4 Å². The molecule has 5 heteroatoms. The monoisotopic (exact) mass is 350 g/mol. The van der Waals surface area contributed by atoms with Crippen LogP contribution in [0.5, 0.6) is 0 Å². The minimum absolute atomic E-state index is 0.136. The summed E-state index contributed by atoms with van der Waals surface area (Å²) in [6.45, 7) is 3.16. The number of nitrogens with one attached hydrogen (secondary N) is 2. The minimum Gasteiger partial charge on any atom is -0.349 e. The lowest BCUT2D eigenvalue weighted by Crippen LogP contribution is -2.34. The van der Waals surface area contributed by atoms with Gasteiger partial charge in [0.05, 0.1) is 6.04 Å². The van der Waals surface area contributed by atoms with Crippen molar-refractivity contribution in [2.24, 2.45) is 7.05 Å². The van der Waals surface area contributed by atoms with Crippen LogP contribution in [0.15, 0.2) is 60.2 Å². The lowest BCUT2D eigenvalue weighted by molar-refractivity contribution is 0.0948. The molecule has 5 nitrogen and oxygen atoms in total. The first-order chi connectivity index (χ1) is 12.6. The number of hydrogen-bond acceptors (Lipinski definition) is 3. The lowest BCUT2D eigenvalue weighted by Gasteiger charge is -2.22. The van der Waals surface area contributed by atoms with Gasteiger partial charge in [-0.05, 0) is 37.0 Å². The molecule has 0 spiro atoms. The summed E-state index contributed by atoms with van der Waals surface area (Å²) in [5.74, 6) is -0.136.